The van der Waals surface area contributed by atoms with Crippen LogP contribution in [0.3, 0.4) is 0 Å². The lowest BCUT2D eigenvalue weighted by molar-refractivity contribution is -0.159. The van der Waals surface area contributed by atoms with Gasteiger partial charge >= 0.3 is 5.97 Å². The number of fused-ring (bicyclic) bond motifs is 1. The van der Waals surface area contributed by atoms with Crippen molar-refractivity contribution in [2.75, 3.05) is 6.61 Å². The number of hydrogen-bond acceptors (Lipinski definition) is 5. The molecule has 20 heavy (non-hydrogen) atoms. The van der Waals surface area contributed by atoms with Crippen molar-refractivity contribution in [2.45, 2.75) is 70.0 Å². The highest BCUT2D eigenvalue weighted by molar-refractivity contribution is 5.69. The molecule has 1 aliphatic heterocycles. The molecule has 1 saturated heterocycles. The molecule has 0 N–H and O–H groups in total. The van der Waals surface area contributed by atoms with E-state index < -0.39 is 11.3 Å². The number of carbonyl (C=O) groups excluding carboxylic acids is 1. The zero-order valence-corrected chi connectivity index (χ0v) is 12.2. The van der Waals surface area contributed by atoms with Gasteiger partial charge in [0.05, 0.1) is 24.4 Å². The van der Waals surface area contributed by atoms with Crippen LogP contribution in [0.1, 0.15) is 46.5 Å². The molecule has 0 bridgehead atoms. The Morgan fingerprint density at radius 1 is 1.50 bits per heavy atom. The van der Waals surface area contributed by atoms with Crippen LogP contribution in [-0.2, 0) is 19.0 Å². The largest absolute Gasteiger partial charge is 0.466 e. The molecule has 112 valence electrons. The van der Waals surface area contributed by atoms with E-state index in [1.807, 2.05) is 13.8 Å². The van der Waals surface area contributed by atoms with Crippen LogP contribution in [0.2, 0.25) is 0 Å². The van der Waals surface area contributed by atoms with Crippen molar-refractivity contribution in [2.24, 2.45) is 5.11 Å². The second kappa shape index (κ2) is 5.60. The van der Waals surface area contributed by atoms with E-state index in [0.29, 0.717) is 19.4 Å². The molecule has 1 heterocycles. The molecule has 3 atom stereocenters. The van der Waals surface area contributed by atoms with Crippen molar-refractivity contribution < 1.29 is 19.0 Å². The topological polar surface area (TPSA) is 93.5 Å². The maximum absolute atomic E-state index is 11.5. The van der Waals surface area contributed by atoms with E-state index in [1.54, 1.807) is 6.92 Å². The molecule has 0 aromatic heterocycles. The van der Waals surface area contributed by atoms with Gasteiger partial charge in [0.15, 0.2) is 5.79 Å². The van der Waals surface area contributed by atoms with Crippen LogP contribution in [0.25, 0.3) is 10.4 Å². The minimum Gasteiger partial charge on any atom is -0.466 e. The molecule has 1 saturated carbocycles. The third-order valence-corrected chi connectivity index (χ3v) is 3.89. The number of ether oxygens (including phenoxy) is 3. The molecule has 0 radical (unpaired) electrons. The first kappa shape index (κ1) is 15.1. The van der Waals surface area contributed by atoms with Crippen molar-refractivity contribution in [3.8, 4) is 0 Å². The Balaban J connectivity index is 2.10. The fourth-order valence-electron chi connectivity index (χ4n) is 3.10. The van der Waals surface area contributed by atoms with Crippen LogP contribution in [0.15, 0.2) is 5.11 Å². The average Bonchev–Trinajstić information content (AvgIpc) is 2.83. The molecule has 0 aromatic carbocycles. The van der Waals surface area contributed by atoms with Crippen LogP contribution in [-0.4, -0.2) is 36.1 Å². The van der Waals surface area contributed by atoms with Crippen LogP contribution in [0.5, 0.6) is 0 Å². The molecule has 2 rings (SSSR count). The van der Waals surface area contributed by atoms with Gasteiger partial charge in [-0.1, -0.05) is 5.11 Å². The predicted molar refractivity (Wildman–Crippen MR) is 70.8 cm³/mol. The Bertz CT molecular complexity index is 433. The van der Waals surface area contributed by atoms with Gasteiger partial charge in [-0.3, -0.25) is 4.79 Å². The summed E-state index contributed by atoms with van der Waals surface area (Å²) in [5.41, 5.74) is 8.15. The van der Waals surface area contributed by atoms with Crippen molar-refractivity contribution in [1.29, 1.82) is 0 Å². The van der Waals surface area contributed by atoms with Gasteiger partial charge in [-0.2, -0.15) is 0 Å². The Morgan fingerprint density at radius 3 is 2.90 bits per heavy atom. The highest BCUT2D eigenvalue weighted by Gasteiger charge is 2.56. The maximum Gasteiger partial charge on any atom is 0.305 e. The van der Waals surface area contributed by atoms with Crippen LogP contribution in [0.4, 0.5) is 0 Å². The summed E-state index contributed by atoms with van der Waals surface area (Å²) in [6.45, 7) is 5.81. The second-order valence-electron chi connectivity index (χ2n) is 5.73. The lowest BCUT2D eigenvalue weighted by Gasteiger charge is -2.30. The molecule has 0 unspecified atom stereocenters. The Labute approximate surface area is 118 Å². The van der Waals surface area contributed by atoms with Gasteiger partial charge in [0.2, 0.25) is 0 Å². The van der Waals surface area contributed by atoms with Crippen LogP contribution in [0, 0.1) is 0 Å². The molecule has 0 aromatic rings. The first-order valence-electron chi connectivity index (χ1n) is 7.00. The Kier molecular flexibility index (Phi) is 4.22. The molecule has 0 amide bonds. The van der Waals surface area contributed by atoms with E-state index in [0.717, 1.165) is 6.42 Å². The number of esters is 1. The summed E-state index contributed by atoms with van der Waals surface area (Å²) in [5.74, 6) is -0.947. The third kappa shape index (κ3) is 2.90. The predicted octanol–water partition coefficient (Wildman–Crippen LogP) is 2.69. The van der Waals surface area contributed by atoms with Gasteiger partial charge in [-0.15, -0.1) is 0 Å². The number of hydrogen-bond donors (Lipinski definition) is 0. The van der Waals surface area contributed by atoms with Crippen molar-refractivity contribution in [1.82, 2.24) is 0 Å². The standard InChI is InChI=1S/C13H21N3O4/c1-4-18-10(17)6-8-13(15-16-14)7-5-9-11(13)20-12(2,3)19-9/h9,11H,4-8H2,1-3H3/t9-,11-,13+/m0/s1. The maximum atomic E-state index is 11.5. The van der Waals surface area contributed by atoms with Crippen molar-refractivity contribution in [3.63, 3.8) is 0 Å². The summed E-state index contributed by atoms with van der Waals surface area (Å²) in [6.07, 6.45) is 1.73. The van der Waals surface area contributed by atoms with Crippen molar-refractivity contribution in [3.05, 3.63) is 10.4 Å². The molecule has 7 nitrogen and oxygen atoms in total. The highest BCUT2D eigenvalue weighted by atomic mass is 16.8. The minimum absolute atomic E-state index is 0.0716. The van der Waals surface area contributed by atoms with E-state index in [4.69, 9.17) is 19.7 Å². The summed E-state index contributed by atoms with van der Waals surface area (Å²) in [7, 11) is 0. The zero-order valence-electron chi connectivity index (χ0n) is 12.2. The Hall–Kier alpha value is -1.30. The molecule has 0 spiro atoms. The zero-order chi connectivity index (χ0) is 14.8. The summed E-state index contributed by atoms with van der Waals surface area (Å²) < 4.78 is 16.6. The number of rotatable bonds is 5. The van der Waals surface area contributed by atoms with Gasteiger partial charge in [0.1, 0.15) is 0 Å². The number of carbonyl (C=O) groups is 1. The number of nitrogens with zero attached hydrogens (tertiary/aromatic N) is 3. The number of azide groups is 1. The molecule has 7 heteroatoms. The molecule has 1 aliphatic carbocycles. The normalized spacial score (nSPS) is 34.4. The SMILES string of the molecule is CCOC(=O)CC[C@]1(N=[N+]=[N-])CC[C@@H]2OC(C)(C)O[C@@H]21. The summed E-state index contributed by atoms with van der Waals surface area (Å²) in [6, 6.07) is 0. The first-order chi connectivity index (χ1) is 9.42. The van der Waals surface area contributed by atoms with Gasteiger partial charge in [-0.25, -0.2) is 0 Å². The minimum atomic E-state index is -0.708. The smallest absolute Gasteiger partial charge is 0.305 e. The van der Waals surface area contributed by atoms with Crippen LogP contribution < -0.4 is 0 Å². The van der Waals surface area contributed by atoms with Gasteiger partial charge < -0.3 is 14.2 Å². The average molecular weight is 283 g/mol. The molecular formula is C13H21N3O4. The fourth-order valence-corrected chi connectivity index (χ4v) is 3.10. The quantitative estimate of drug-likeness (QED) is 0.335. The highest BCUT2D eigenvalue weighted by Crippen LogP contribution is 2.47. The molecule has 2 fully saturated rings. The van der Waals surface area contributed by atoms with Gasteiger partial charge in [0.25, 0.3) is 0 Å². The Morgan fingerprint density at radius 2 is 2.25 bits per heavy atom. The lowest BCUT2D eigenvalue weighted by atomic mass is 9.90. The van der Waals surface area contributed by atoms with E-state index in [-0.39, 0.29) is 24.6 Å². The lowest BCUT2D eigenvalue weighted by Crippen LogP contribution is -2.40. The monoisotopic (exact) mass is 283 g/mol. The van der Waals surface area contributed by atoms with Crippen LogP contribution >= 0.6 is 0 Å². The van der Waals surface area contributed by atoms with E-state index in [1.165, 1.54) is 0 Å². The second-order valence-corrected chi connectivity index (χ2v) is 5.73. The van der Waals surface area contributed by atoms with E-state index >= 15 is 0 Å². The van der Waals surface area contributed by atoms with Gasteiger partial charge in [0, 0.05) is 11.3 Å². The fraction of sp³-hybridized carbons (Fsp3) is 0.923. The summed E-state index contributed by atoms with van der Waals surface area (Å²) in [4.78, 5) is 14.5. The van der Waals surface area contributed by atoms with Gasteiger partial charge in [-0.05, 0) is 45.6 Å². The van der Waals surface area contributed by atoms with E-state index in [2.05, 4.69) is 10.0 Å². The summed E-state index contributed by atoms with van der Waals surface area (Å²) >= 11 is 0. The molecule has 2 aliphatic rings. The van der Waals surface area contributed by atoms with E-state index in [9.17, 15) is 4.79 Å². The third-order valence-electron chi connectivity index (χ3n) is 3.89. The first-order valence-corrected chi connectivity index (χ1v) is 7.00. The van der Waals surface area contributed by atoms with Crippen molar-refractivity contribution >= 4 is 5.97 Å². The molecular weight excluding hydrogens is 262 g/mol. The summed E-state index contributed by atoms with van der Waals surface area (Å²) in [5, 5.41) is 3.96.